The first-order valence-electron chi connectivity index (χ1n) is 14.2. The number of hydrogen-bond acceptors (Lipinski definition) is 8. The number of rotatable bonds is 4. The Morgan fingerprint density at radius 3 is 2.56 bits per heavy atom. The molecule has 0 radical (unpaired) electrons. The Bertz CT molecular complexity index is 1680. The van der Waals surface area contributed by atoms with Crippen molar-refractivity contribution in [3.05, 3.63) is 92.0 Å². The molecule has 0 amide bonds. The molecule has 8 nitrogen and oxygen atoms in total. The molecule has 0 unspecified atom stereocenters. The van der Waals surface area contributed by atoms with Gasteiger partial charge in [0.05, 0.1) is 47.6 Å². The second-order valence-electron chi connectivity index (χ2n) is 11.3. The highest BCUT2D eigenvalue weighted by Crippen LogP contribution is 2.45. The number of aliphatic hydroxyl groups excluding tert-OH is 1. The van der Waals surface area contributed by atoms with Gasteiger partial charge in [-0.05, 0) is 74.1 Å². The summed E-state index contributed by atoms with van der Waals surface area (Å²) >= 11 is 0. The van der Waals surface area contributed by atoms with E-state index >= 15 is 0 Å². The molecule has 2 fully saturated rings. The largest absolute Gasteiger partial charge is 0.515 e. The van der Waals surface area contributed by atoms with Gasteiger partial charge in [-0.1, -0.05) is 13.8 Å². The van der Waals surface area contributed by atoms with Crippen molar-refractivity contribution in [1.29, 1.82) is 0 Å². The normalized spacial score (nSPS) is 26.0. The number of methoxy groups -OCH3 is 1. The minimum atomic E-state index is -0.252. The van der Waals surface area contributed by atoms with Gasteiger partial charge in [-0.2, -0.15) is 0 Å². The number of esters is 1. The zero-order valence-corrected chi connectivity index (χ0v) is 24.3. The van der Waals surface area contributed by atoms with Gasteiger partial charge < -0.3 is 15.2 Å². The second-order valence-corrected chi connectivity index (χ2v) is 11.3. The van der Waals surface area contributed by atoms with Crippen LogP contribution in [0.3, 0.4) is 0 Å². The first kappa shape index (κ1) is 26.9. The fourth-order valence-corrected chi connectivity index (χ4v) is 6.52. The fraction of sp³-hybridized carbons (Fsp3) is 0.364. The molecule has 6 aliphatic rings. The summed E-state index contributed by atoms with van der Waals surface area (Å²) < 4.78 is 4.95. The Labute approximate surface area is 239 Å². The maximum Gasteiger partial charge on any atom is 0.305 e. The Morgan fingerprint density at radius 1 is 1.07 bits per heavy atom. The highest BCUT2D eigenvalue weighted by Gasteiger charge is 2.43. The quantitative estimate of drug-likeness (QED) is 0.339. The molecule has 1 aliphatic carbocycles. The smallest absolute Gasteiger partial charge is 0.305 e. The van der Waals surface area contributed by atoms with E-state index in [4.69, 9.17) is 19.7 Å². The predicted octanol–water partition coefficient (Wildman–Crippen LogP) is 5.81. The summed E-state index contributed by atoms with van der Waals surface area (Å²) in [6, 6.07) is 0. The lowest BCUT2D eigenvalue weighted by molar-refractivity contribution is -0.140. The zero-order valence-electron chi connectivity index (χ0n) is 24.3. The van der Waals surface area contributed by atoms with Crippen molar-refractivity contribution in [2.45, 2.75) is 60.3 Å². The predicted molar refractivity (Wildman–Crippen MR) is 159 cm³/mol. The number of aliphatic imine (C=N–C) groups is 3. The molecular formula is C33H34N4O4. The average molecular weight is 551 g/mol. The lowest BCUT2D eigenvalue weighted by Crippen LogP contribution is -2.15. The Balaban J connectivity index is 1.61. The van der Waals surface area contributed by atoms with Crippen molar-refractivity contribution in [3.63, 3.8) is 0 Å². The monoisotopic (exact) mass is 550 g/mol. The van der Waals surface area contributed by atoms with Crippen molar-refractivity contribution in [2.75, 3.05) is 7.11 Å². The summed E-state index contributed by atoms with van der Waals surface area (Å²) in [4.78, 5) is 40.5. The van der Waals surface area contributed by atoms with Crippen LogP contribution in [-0.4, -0.2) is 41.1 Å². The number of carbonyl (C=O) groups is 2. The van der Waals surface area contributed by atoms with Crippen molar-refractivity contribution < 1.29 is 19.4 Å². The van der Waals surface area contributed by atoms with Gasteiger partial charge in [-0.3, -0.25) is 9.59 Å². The minimum absolute atomic E-state index is 0.00911. The van der Waals surface area contributed by atoms with Crippen LogP contribution in [0.2, 0.25) is 0 Å². The SMILES string of the molecule is CCC1=C2C(=O)CC3=C4NC(=CC5=NC(=CC6=NC(=C(C)/C6=C/O)C=C1N=C32)C(C)=C5C)[C@@H](C)[C@@H]4CCC(=O)OC. The third-order valence-corrected chi connectivity index (χ3v) is 9.14. The molecule has 5 aliphatic heterocycles. The number of fused-ring (bicyclic) bond motifs is 5. The van der Waals surface area contributed by atoms with E-state index in [-0.39, 0.29) is 36.4 Å². The summed E-state index contributed by atoms with van der Waals surface area (Å²) in [5.41, 5.74) is 12.4. The highest BCUT2D eigenvalue weighted by atomic mass is 16.5. The Kier molecular flexibility index (Phi) is 6.52. The number of Topliss-reactive ketones (excluding diaryl/α,β-unsaturated/α-hetero) is 1. The number of ketones is 1. The molecule has 0 spiro atoms. The molecule has 0 aromatic heterocycles. The van der Waals surface area contributed by atoms with Crippen LogP contribution in [-0.2, 0) is 14.3 Å². The van der Waals surface area contributed by atoms with Crippen molar-refractivity contribution >= 4 is 28.9 Å². The van der Waals surface area contributed by atoms with Crippen LogP contribution in [0.25, 0.3) is 0 Å². The first-order chi connectivity index (χ1) is 19.7. The van der Waals surface area contributed by atoms with Crippen molar-refractivity contribution in [3.8, 4) is 0 Å². The minimum Gasteiger partial charge on any atom is -0.515 e. The van der Waals surface area contributed by atoms with E-state index in [0.717, 1.165) is 68.3 Å². The maximum atomic E-state index is 13.5. The van der Waals surface area contributed by atoms with Crippen LogP contribution in [0.15, 0.2) is 107 Å². The number of allylic oxidation sites excluding steroid dienone is 12. The summed E-state index contributed by atoms with van der Waals surface area (Å²) in [7, 11) is 1.41. The number of ether oxygens (including phenoxy) is 1. The van der Waals surface area contributed by atoms with Gasteiger partial charge >= 0.3 is 5.97 Å². The molecule has 8 bridgehead atoms. The van der Waals surface area contributed by atoms with Crippen LogP contribution < -0.4 is 5.32 Å². The fourth-order valence-electron chi connectivity index (χ4n) is 6.52. The Hall–Kier alpha value is -4.33. The molecule has 2 N–H and O–H groups in total. The van der Waals surface area contributed by atoms with Crippen LogP contribution in [0.1, 0.15) is 60.3 Å². The maximum absolute atomic E-state index is 13.5. The number of carbonyl (C=O) groups excluding carboxylic acids is 2. The molecular weight excluding hydrogens is 516 g/mol. The van der Waals surface area contributed by atoms with Gasteiger partial charge in [0.15, 0.2) is 5.78 Å². The number of nitrogens with one attached hydrogen (secondary N) is 1. The van der Waals surface area contributed by atoms with Gasteiger partial charge in [-0.15, -0.1) is 0 Å². The number of nitrogens with zero attached hydrogens (tertiary/aromatic N) is 3. The Morgan fingerprint density at radius 2 is 1.85 bits per heavy atom. The van der Waals surface area contributed by atoms with Crippen LogP contribution >= 0.6 is 0 Å². The topological polar surface area (TPSA) is 113 Å². The van der Waals surface area contributed by atoms with E-state index in [0.29, 0.717) is 35.4 Å². The first-order valence-corrected chi connectivity index (χ1v) is 14.2. The van der Waals surface area contributed by atoms with Gasteiger partial charge in [0.1, 0.15) is 0 Å². The van der Waals surface area contributed by atoms with E-state index in [1.54, 1.807) is 0 Å². The van der Waals surface area contributed by atoms with E-state index in [1.807, 2.05) is 32.9 Å². The molecule has 1 saturated heterocycles. The molecule has 5 heterocycles. The van der Waals surface area contributed by atoms with E-state index in [2.05, 4.69) is 25.2 Å². The third kappa shape index (κ3) is 4.15. The second kappa shape index (κ2) is 9.94. The lowest BCUT2D eigenvalue weighted by atomic mass is 9.86. The molecule has 0 aromatic rings. The van der Waals surface area contributed by atoms with Crippen LogP contribution in [0.4, 0.5) is 0 Å². The van der Waals surface area contributed by atoms with E-state index in [1.165, 1.54) is 7.11 Å². The van der Waals surface area contributed by atoms with Gasteiger partial charge in [0.2, 0.25) is 0 Å². The third-order valence-electron chi connectivity index (χ3n) is 9.14. The van der Waals surface area contributed by atoms with E-state index < -0.39 is 0 Å². The highest BCUT2D eigenvalue weighted by molar-refractivity contribution is 6.38. The number of hydrogen-bond donors (Lipinski definition) is 2. The molecule has 210 valence electrons. The summed E-state index contributed by atoms with van der Waals surface area (Å²) in [6.45, 7) is 10.2. The lowest BCUT2D eigenvalue weighted by Gasteiger charge is -2.17. The van der Waals surface area contributed by atoms with E-state index in [9.17, 15) is 14.7 Å². The van der Waals surface area contributed by atoms with Crippen LogP contribution in [0, 0.1) is 11.8 Å². The zero-order chi connectivity index (χ0) is 29.2. The van der Waals surface area contributed by atoms with Crippen LogP contribution in [0.5, 0.6) is 0 Å². The van der Waals surface area contributed by atoms with Gasteiger partial charge in [-0.25, -0.2) is 15.0 Å². The summed E-state index contributed by atoms with van der Waals surface area (Å²) in [5.74, 6) is -0.141. The number of aliphatic hydroxyl groups is 1. The molecule has 1 saturated carbocycles. The molecule has 6 rings (SSSR count). The van der Waals surface area contributed by atoms with Gasteiger partial charge in [0, 0.05) is 52.8 Å². The average Bonchev–Trinajstić information content (AvgIpc) is 3.70. The van der Waals surface area contributed by atoms with Crippen molar-refractivity contribution in [1.82, 2.24) is 5.32 Å². The molecule has 8 heteroatoms. The van der Waals surface area contributed by atoms with Crippen molar-refractivity contribution in [2.24, 2.45) is 26.8 Å². The summed E-state index contributed by atoms with van der Waals surface area (Å²) in [5, 5.41) is 13.8. The molecule has 2 atom stereocenters. The molecule has 0 aromatic carbocycles. The molecule has 41 heavy (non-hydrogen) atoms. The standard InChI is InChI=1S/C33H34N4O4/c1-7-19-27-13-25-18(5)22(14-38)28(35-25)12-24-16(3)15(2)23(34-24)11-26-17(4)20(8-9-30(40)41-6)32(36-26)21-10-29(39)31(19)33(21)37-27/h11-14,17,20,36,38H,7-10H2,1-6H3/b22-14-,24-12?,26-11?,27-13?,32-21?/t17-,20-/m0/s1. The summed E-state index contributed by atoms with van der Waals surface area (Å²) in [6.07, 6.45) is 8.81. The van der Waals surface area contributed by atoms with Gasteiger partial charge in [0.25, 0.3) is 0 Å².